The minimum atomic E-state index is -1.00. The molecule has 0 saturated carbocycles. The van der Waals surface area contributed by atoms with E-state index in [0.717, 1.165) is 5.56 Å². The van der Waals surface area contributed by atoms with Crippen molar-refractivity contribution in [2.75, 3.05) is 31.1 Å². The van der Waals surface area contributed by atoms with Gasteiger partial charge in [-0.2, -0.15) is 5.26 Å². The topological polar surface area (TPSA) is 123 Å². The molecule has 10 nitrogen and oxygen atoms in total. The molecule has 1 saturated heterocycles. The molecular formula is C19H25ClN6O4. The molecule has 2 aliphatic heterocycles. The highest BCUT2D eigenvalue weighted by Crippen LogP contribution is 2.30. The van der Waals surface area contributed by atoms with Crippen molar-refractivity contribution >= 4 is 29.6 Å². The van der Waals surface area contributed by atoms with Crippen LogP contribution in [0.25, 0.3) is 0 Å². The predicted octanol–water partition coefficient (Wildman–Crippen LogP) is 2.51. The Kier molecular flexibility index (Phi) is 6.22. The molecule has 0 aromatic carbocycles. The Bertz CT molecular complexity index is 881. The summed E-state index contributed by atoms with van der Waals surface area (Å²) in [5.74, 6) is 0.641. The van der Waals surface area contributed by atoms with Crippen molar-refractivity contribution in [3.05, 3.63) is 16.5 Å². The maximum atomic E-state index is 12.6. The number of anilines is 1. The van der Waals surface area contributed by atoms with Gasteiger partial charge in [-0.05, 0) is 38.8 Å². The van der Waals surface area contributed by atoms with Crippen LogP contribution in [-0.2, 0) is 17.7 Å². The van der Waals surface area contributed by atoms with E-state index >= 15 is 0 Å². The van der Waals surface area contributed by atoms with Crippen LogP contribution >= 0.6 is 11.6 Å². The zero-order chi connectivity index (χ0) is 22.1. The van der Waals surface area contributed by atoms with E-state index in [1.165, 1.54) is 4.90 Å². The van der Waals surface area contributed by atoms with Gasteiger partial charge in [0.25, 0.3) is 0 Å². The molecule has 11 heteroatoms. The first kappa shape index (κ1) is 21.9. The molecule has 1 aromatic heterocycles. The number of aromatic nitrogens is 2. The van der Waals surface area contributed by atoms with E-state index in [4.69, 9.17) is 16.3 Å². The largest absolute Gasteiger partial charge is 0.465 e. The molecule has 2 aliphatic rings. The van der Waals surface area contributed by atoms with Gasteiger partial charge in [-0.25, -0.2) is 19.6 Å². The molecule has 1 atom stereocenters. The van der Waals surface area contributed by atoms with Crippen molar-refractivity contribution in [1.29, 1.82) is 5.26 Å². The molecule has 1 fully saturated rings. The van der Waals surface area contributed by atoms with Crippen LogP contribution in [0.4, 0.5) is 15.4 Å². The molecule has 3 rings (SSSR count). The van der Waals surface area contributed by atoms with E-state index in [9.17, 15) is 20.0 Å². The molecule has 3 heterocycles. The Morgan fingerprint density at radius 2 is 2.03 bits per heavy atom. The number of carbonyl (C=O) groups is 2. The van der Waals surface area contributed by atoms with Crippen LogP contribution in [-0.4, -0.2) is 74.9 Å². The minimum Gasteiger partial charge on any atom is -0.465 e. The van der Waals surface area contributed by atoms with Crippen LogP contribution in [0.5, 0.6) is 0 Å². The average molecular weight is 437 g/mol. The third-order valence-corrected chi connectivity index (χ3v) is 5.19. The van der Waals surface area contributed by atoms with Crippen LogP contribution in [0.3, 0.4) is 0 Å². The van der Waals surface area contributed by atoms with Gasteiger partial charge in [0.2, 0.25) is 5.28 Å². The number of hydrogen-bond donors (Lipinski definition) is 1. The van der Waals surface area contributed by atoms with Crippen LogP contribution < -0.4 is 4.90 Å². The first-order valence-corrected chi connectivity index (χ1v) is 10.1. The van der Waals surface area contributed by atoms with Crippen LogP contribution in [0.15, 0.2) is 0 Å². The number of halogens is 1. The number of carboxylic acid groups (broad SMARTS) is 1. The Morgan fingerprint density at radius 1 is 1.30 bits per heavy atom. The van der Waals surface area contributed by atoms with E-state index in [-0.39, 0.29) is 24.3 Å². The molecule has 162 valence electrons. The van der Waals surface area contributed by atoms with Gasteiger partial charge in [-0.15, -0.1) is 0 Å². The fourth-order valence-corrected chi connectivity index (χ4v) is 3.88. The normalized spacial score (nSPS) is 19.2. The summed E-state index contributed by atoms with van der Waals surface area (Å²) < 4.78 is 5.49. The Balaban J connectivity index is 1.84. The molecule has 0 spiro atoms. The van der Waals surface area contributed by atoms with Gasteiger partial charge in [0.1, 0.15) is 11.4 Å². The maximum absolute atomic E-state index is 12.6. The lowest BCUT2D eigenvalue weighted by Gasteiger charge is -2.42. The molecule has 0 aliphatic carbocycles. The highest BCUT2D eigenvalue weighted by atomic mass is 35.5. The third kappa shape index (κ3) is 4.84. The second-order valence-corrected chi connectivity index (χ2v) is 8.67. The van der Waals surface area contributed by atoms with Crippen molar-refractivity contribution in [2.45, 2.75) is 51.8 Å². The van der Waals surface area contributed by atoms with Gasteiger partial charge in [0, 0.05) is 31.7 Å². The van der Waals surface area contributed by atoms with E-state index in [1.807, 2.05) is 4.90 Å². The standard InChI is InChI=1S/C19H25ClN6O4/c1-19(2,3)30-18(29)26-9-8-24(10-12(26)4-6-21)15-13-5-7-25(17(27)28)11-14(13)22-16(20)23-15/h12H,4-5,7-11H2,1-3H3,(H,27,28). The second kappa shape index (κ2) is 8.52. The fourth-order valence-electron chi connectivity index (χ4n) is 3.69. The van der Waals surface area contributed by atoms with E-state index < -0.39 is 17.8 Å². The molecule has 1 aromatic rings. The minimum absolute atomic E-state index is 0.0439. The number of ether oxygens (including phenoxy) is 1. The summed E-state index contributed by atoms with van der Waals surface area (Å²) in [6.07, 6.45) is -0.813. The number of hydrogen-bond acceptors (Lipinski definition) is 7. The van der Waals surface area contributed by atoms with E-state index in [2.05, 4.69) is 16.0 Å². The average Bonchev–Trinajstić information content (AvgIpc) is 2.65. The predicted molar refractivity (Wildman–Crippen MR) is 108 cm³/mol. The van der Waals surface area contributed by atoms with Crippen LogP contribution in [0.1, 0.15) is 38.4 Å². The number of rotatable bonds is 2. The first-order chi connectivity index (χ1) is 14.1. The molecule has 1 unspecified atom stereocenters. The van der Waals surface area contributed by atoms with E-state index in [0.29, 0.717) is 44.1 Å². The summed E-state index contributed by atoms with van der Waals surface area (Å²) in [5, 5.41) is 18.6. The monoisotopic (exact) mass is 436 g/mol. The quantitative estimate of drug-likeness (QED) is 0.701. The third-order valence-electron chi connectivity index (χ3n) is 5.02. The number of nitrogens with zero attached hydrogens (tertiary/aromatic N) is 6. The van der Waals surface area contributed by atoms with Crippen molar-refractivity contribution < 1.29 is 19.4 Å². The maximum Gasteiger partial charge on any atom is 0.410 e. The fraction of sp³-hybridized carbons (Fsp3) is 0.632. The summed E-state index contributed by atoms with van der Waals surface area (Å²) in [7, 11) is 0. The summed E-state index contributed by atoms with van der Waals surface area (Å²) in [6, 6.07) is 1.78. The van der Waals surface area contributed by atoms with Crippen molar-refractivity contribution in [3.63, 3.8) is 0 Å². The Labute approximate surface area is 180 Å². The number of carbonyl (C=O) groups excluding carboxylic acids is 1. The van der Waals surface area contributed by atoms with Crippen molar-refractivity contribution in [2.24, 2.45) is 0 Å². The van der Waals surface area contributed by atoms with Gasteiger partial charge in [-0.1, -0.05) is 0 Å². The molecule has 2 amide bonds. The lowest BCUT2D eigenvalue weighted by atomic mass is 10.0. The molecular weight excluding hydrogens is 412 g/mol. The summed E-state index contributed by atoms with van der Waals surface area (Å²) in [6.45, 7) is 7.17. The summed E-state index contributed by atoms with van der Waals surface area (Å²) in [5.41, 5.74) is 0.823. The van der Waals surface area contributed by atoms with Crippen molar-refractivity contribution in [1.82, 2.24) is 19.8 Å². The van der Waals surface area contributed by atoms with Gasteiger partial charge >= 0.3 is 12.2 Å². The van der Waals surface area contributed by atoms with Gasteiger partial charge in [-0.3, -0.25) is 0 Å². The highest BCUT2D eigenvalue weighted by Gasteiger charge is 2.35. The molecule has 0 bridgehead atoms. The Morgan fingerprint density at radius 3 is 2.67 bits per heavy atom. The SMILES string of the molecule is CC(C)(C)OC(=O)N1CCN(c2nc(Cl)nc3c2CCN(C(=O)O)C3)CC1CC#N. The van der Waals surface area contributed by atoms with Crippen LogP contribution in [0, 0.1) is 11.3 Å². The van der Waals surface area contributed by atoms with Crippen LogP contribution in [0.2, 0.25) is 5.28 Å². The van der Waals surface area contributed by atoms with Gasteiger partial charge < -0.3 is 24.5 Å². The number of amides is 2. The number of piperazine rings is 1. The zero-order valence-electron chi connectivity index (χ0n) is 17.3. The molecule has 0 radical (unpaired) electrons. The van der Waals surface area contributed by atoms with Crippen molar-refractivity contribution in [3.8, 4) is 6.07 Å². The zero-order valence-corrected chi connectivity index (χ0v) is 18.0. The smallest absolute Gasteiger partial charge is 0.410 e. The van der Waals surface area contributed by atoms with E-state index in [1.54, 1.807) is 25.7 Å². The number of fused-ring (bicyclic) bond motifs is 1. The number of nitriles is 1. The lowest BCUT2D eigenvalue weighted by Crippen LogP contribution is -2.56. The highest BCUT2D eigenvalue weighted by molar-refractivity contribution is 6.28. The Hall–Kier alpha value is -2.80. The lowest BCUT2D eigenvalue weighted by molar-refractivity contribution is 0.0144. The molecule has 30 heavy (non-hydrogen) atoms. The summed E-state index contributed by atoms with van der Waals surface area (Å²) >= 11 is 6.13. The van der Waals surface area contributed by atoms with Gasteiger partial charge in [0.05, 0.1) is 30.8 Å². The first-order valence-electron chi connectivity index (χ1n) is 9.73. The molecule has 1 N–H and O–H groups in total. The summed E-state index contributed by atoms with van der Waals surface area (Å²) in [4.78, 5) is 37.4. The second-order valence-electron chi connectivity index (χ2n) is 8.33. The van der Waals surface area contributed by atoms with Gasteiger partial charge in [0.15, 0.2) is 0 Å².